The average Bonchev–Trinajstić information content (AvgIpc) is 2.69. The number of esters is 1. The van der Waals surface area contributed by atoms with Crippen molar-refractivity contribution >= 4 is 17.6 Å². The Morgan fingerprint density at radius 2 is 1.59 bits per heavy atom. The van der Waals surface area contributed by atoms with Crippen molar-refractivity contribution in [3.63, 3.8) is 0 Å². The summed E-state index contributed by atoms with van der Waals surface area (Å²) in [5.74, 6) is 1.54. The minimum atomic E-state index is -0.727. The quantitative estimate of drug-likeness (QED) is 0.496. The molecule has 1 unspecified atom stereocenters. The van der Waals surface area contributed by atoms with Gasteiger partial charge >= 0.3 is 5.97 Å². The fourth-order valence-electron chi connectivity index (χ4n) is 2.36. The van der Waals surface area contributed by atoms with Gasteiger partial charge in [0.25, 0.3) is 0 Å². The monoisotopic (exact) mass is 382 g/mol. The number of rotatable bonds is 7. The van der Waals surface area contributed by atoms with Gasteiger partial charge in [0.1, 0.15) is 23.9 Å². The molecule has 0 fully saturated rings. The largest absolute Gasteiger partial charge is 0.479 e. The summed E-state index contributed by atoms with van der Waals surface area (Å²) < 4.78 is 16.7. The maximum absolute atomic E-state index is 12.2. The van der Waals surface area contributed by atoms with E-state index in [2.05, 4.69) is 0 Å². The zero-order valence-corrected chi connectivity index (χ0v) is 15.6. The maximum atomic E-state index is 12.2. The number of ether oxygens (including phenoxy) is 3. The van der Waals surface area contributed by atoms with Crippen LogP contribution in [-0.4, -0.2) is 12.1 Å². The second kappa shape index (κ2) is 9.10. The molecule has 0 heterocycles. The van der Waals surface area contributed by atoms with Crippen molar-refractivity contribution in [2.75, 3.05) is 0 Å². The van der Waals surface area contributed by atoms with Crippen molar-refractivity contribution in [1.29, 1.82) is 0 Å². The van der Waals surface area contributed by atoms with E-state index in [0.717, 1.165) is 11.3 Å². The van der Waals surface area contributed by atoms with Gasteiger partial charge in [0.2, 0.25) is 0 Å². The molecule has 0 aliphatic carbocycles. The molecule has 0 saturated heterocycles. The predicted octanol–water partition coefficient (Wildman–Crippen LogP) is 5.64. The van der Waals surface area contributed by atoms with Crippen molar-refractivity contribution in [2.24, 2.45) is 0 Å². The lowest BCUT2D eigenvalue weighted by Gasteiger charge is -2.14. The summed E-state index contributed by atoms with van der Waals surface area (Å²) in [4.78, 5) is 12.2. The summed E-state index contributed by atoms with van der Waals surface area (Å²) in [5, 5.41) is 0.607. The number of hydrogen-bond donors (Lipinski definition) is 0. The van der Waals surface area contributed by atoms with Crippen molar-refractivity contribution in [1.82, 2.24) is 0 Å². The van der Waals surface area contributed by atoms with E-state index in [1.165, 1.54) is 0 Å². The summed E-state index contributed by atoms with van der Waals surface area (Å²) in [7, 11) is 0. The standard InChI is InChI=1S/C22H19ClO4/c1-16(26-20-12-10-18(23)11-13-20)22(24)25-15-17-6-5-9-21(14-17)27-19-7-3-2-4-8-19/h2-14,16H,15H2,1H3. The van der Waals surface area contributed by atoms with Gasteiger partial charge in [-0.1, -0.05) is 41.9 Å². The number of halogens is 1. The Hall–Kier alpha value is -2.98. The van der Waals surface area contributed by atoms with Crippen LogP contribution in [0.1, 0.15) is 12.5 Å². The van der Waals surface area contributed by atoms with Crippen LogP contribution in [0.25, 0.3) is 0 Å². The Balaban J connectivity index is 1.53. The van der Waals surface area contributed by atoms with Crippen LogP contribution >= 0.6 is 11.6 Å². The third-order valence-electron chi connectivity index (χ3n) is 3.72. The molecular weight excluding hydrogens is 364 g/mol. The van der Waals surface area contributed by atoms with E-state index in [0.29, 0.717) is 16.5 Å². The minimum absolute atomic E-state index is 0.138. The van der Waals surface area contributed by atoms with Crippen LogP contribution in [0.3, 0.4) is 0 Å². The second-order valence-corrected chi connectivity index (χ2v) is 6.32. The van der Waals surface area contributed by atoms with Crippen LogP contribution in [0, 0.1) is 0 Å². The van der Waals surface area contributed by atoms with Crippen LogP contribution in [0.5, 0.6) is 17.2 Å². The highest BCUT2D eigenvalue weighted by Gasteiger charge is 2.16. The smallest absolute Gasteiger partial charge is 0.347 e. The van der Waals surface area contributed by atoms with Crippen molar-refractivity contribution in [2.45, 2.75) is 19.6 Å². The summed E-state index contributed by atoms with van der Waals surface area (Å²) >= 11 is 5.83. The zero-order chi connectivity index (χ0) is 19.1. The van der Waals surface area contributed by atoms with Gasteiger partial charge in [0.15, 0.2) is 6.10 Å². The molecule has 0 spiro atoms. The molecule has 1 atom stereocenters. The first kappa shape index (κ1) is 18.8. The molecule has 3 aromatic rings. The van der Waals surface area contributed by atoms with E-state index in [1.54, 1.807) is 31.2 Å². The van der Waals surface area contributed by atoms with Gasteiger partial charge in [-0.3, -0.25) is 0 Å². The molecule has 138 valence electrons. The normalized spacial score (nSPS) is 11.5. The molecule has 0 aliphatic rings. The predicted molar refractivity (Wildman–Crippen MR) is 104 cm³/mol. The highest BCUT2D eigenvalue weighted by molar-refractivity contribution is 6.30. The molecule has 0 N–H and O–H groups in total. The van der Waals surface area contributed by atoms with E-state index < -0.39 is 12.1 Å². The third kappa shape index (κ3) is 5.76. The highest BCUT2D eigenvalue weighted by Crippen LogP contribution is 2.22. The summed E-state index contributed by atoms with van der Waals surface area (Å²) in [6.45, 7) is 1.78. The van der Waals surface area contributed by atoms with Crippen molar-refractivity contribution in [3.05, 3.63) is 89.4 Å². The van der Waals surface area contributed by atoms with Gasteiger partial charge in [0, 0.05) is 5.02 Å². The molecule has 0 aromatic heterocycles. The molecular formula is C22H19ClO4. The van der Waals surface area contributed by atoms with Crippen molar-refractivity contribution in [3.8, 4) is 17.2 Å². The van der Waals surface area contributed by atoms with Gasteiger partial charge in [-0.05, 0) is 61.0 Å². The lowest BCUT2D eigenvalue weighted by atomic mass is 10.2. The lowest BCUT2D eigenvalue weighted by Crippen LogP contribution is -2.26. The number of para-hydroxylation sites is 1. The highest BCUT2D eigenvalue weighted by atomic mass is 35.5. The molecule has 0 bridgehead atoms. The molecule has 3 rings (SSSR count). The van der Waals surface area contributed by atoms with E-state index in [9.17, 15) is 4.79 Å². The third-order valence-corrected chi connectivity index (χ3v) is 3.97. The van der Waals surface area contributed by atoms with Crippen LogP contribution in [0.4, 0.5) is 0 Å². The van der Waals surface area contributed by atoms with Gasteiger partial charge in [-0.15, -0.1) is 0 Å². The molecule has 3 aromatic carbocycles. The Morgan fingerprint density at radius 3 is 2.33 bits per heavy atom. The molecule has 5 heteroatoms. The summed E-state index contributed by atoms with van der Waals surface area (Å²) in [5.41, 5.74) is 0.829. The number of carbonyl (C=O) groups is 1. The molecule has 0 amide bonds. The summed E-state index contributed by atoms with van der Waals surface area (Å²) in [6, 6.07) is 23.7. The Bertz CT molecular complexity index is 878. The van der Waals surface area contributed by atoms with Gasteiger partial charge in [0.05, 0.1) is 0 Å². The van der Waals surface area contributed by atoms with Crippen LogP contribution in [-0.2, 0) is 16.1 Å². The lowest BCUT2D eigenvalue weighted by molar-refractivity contribution is -0.152. The van der Waals surface area contributed by atoms with Crippen LogP contribution in [0.2, 0.25) is 5.02 Å². The van der Waals surface area contributed by atoms with Crippen LogP contribution < -0.4 is 9.47 Å². The topological polar surface area (TPSA) is 44.8 Å². The zero-order valence-electron chi connectivity index (χ0n) is 14.8. The van der Waals surface area contributed by atoms with Gasteiger partial charge in [-0.2, -0.15) is 0 Å². The molecule has 0 saturated carbocycles. The molecule has 0 radical (unpaired) electrons. The number of benzene rings is 3. The minimum Gasteiger partial charge on any atom is -0.479 e. The number of carbonyl (C=O) groups excluding carboxylic acids is 1. The molecule has 4 nitrogen and oxygen atoms in total. The van der Waals surface area contributed by atoms with E-state index in [-0.39, 0.29) is 6.61 Å². The van der Waals surface area contributed by atoms with Gasteiger partial charge in [-0.25, -0.2) is 4.79 Å². The SMILES string of the molecule is CC(Oc1ccc(Cl)cc1)C(=O)OCc1cccc(Oc2ccccc2)c1. The molecule has 27 heavy (non-hydrogen) atoms. The Morgan fingerprint density at radius 1 is 0.889 bits per heavy atom. The van der Waals surface area contributed by atoms with Gasteiger partial charge < -0.3 is 14.2 Å². The first-order valence-corrected chi connectivity index (χ1v) is 8.88. The molecule has 0 aliphatic heterocycles. The van der Waals surface area contributed by atoms with E-state index >= 15 is 0 Å². The van der Waals surface area contributed by atoms with Crippen LogP contribution in [0.15, 0.2) is 78.9 Å². The first-order chi connectivity index (χ1) is 13.1. The second-order valence-electron chi connectivity index (χ2n) is 5.88. The maximum Gasteiger partial charge on any atom is 0.347 e. The van der Waals surface area contributed by atoms with E-state index in [4.69, 9.17) is 25.8 Å². The van der Waals surface area contributed by atoms with E-state index in [1.807, 2.05) is 54.6 Å². The Kier molecular flexibility index (Phi) is 6.34. The fourth-order valence-corrected chi connectivity index (χ4v) is 2.49. The van der Waals surface area contributed by atoms with Crippen molar-refractivity contribution < 1.29 is 19.0 Å². The number of hydrogen-bond acceptors (Lipinski definition) is 4. The average molecular weight is 383 g/mol. The summed E-state index contributed by atoms with van der Waals surface area (Å²) in [6.07, 6.45) is -0.727. The first-order valence-electron chi connectivity index (χ1n) is 8.51. The Labute approximate surface area is 163 Å². The fraction of sp³-hybridized carbons (Fsp3) is 0.136.